The minimum absolute atomic E-state index is 0.185. The molecule has 5 nitrogen and oxygen atoms in total. The van der Waals surface area contributed by atoms with Crippen LogP contribution in [0.25, 0.3) is 6.08 Å². The van der Waals surface area contributed by atoms with E-state index >= 15 is 0 Å². The van der Waals surface area contributed by atoms with E-state index in [-0.39, 0.29) is 11.5 Å². The number of rotatable bonds is 3. The van der Waals surface area contributed by atoms with Gasteiger partial charge in [0.15, 0.2) is 0 Å². The Morgan fingerprint density at radius 1 is 1.12 bits per heavy atom. The van der Waals surface area contributed by atoms with Gasteiger partial charge in [0.2, 0.25) is 5.91 Å². The third-order valence-electron chi connectivity index (χ3n) is 5.20. The Morgan fingerprint density at radius 2 is 1.85 bits per heavy atom. The van der Waals surface area contributed by atoms with E-state index in [9.17, 15) is 13.6 Å². The highest BCUT2D eigenvalue weighted by molar-refractivity contribution is 5.91. The van der Waals surface area contributed by atoms with Crippen molar-refractivity contribution in [2.24, 2.45) is 0 Å². The number of carbonyl (C=O) groups excluding carboxylic acids is 1. The molecule has 0 bridgehead atoms. The Kier molecular flexibility index (Phi) is 4.53. The van der Waals surface area contributed by atoms with Crippen molar-refractivity contribution in [3.63, 3.8) is 0 Å². The zero-order chi connectivity index (χ0) is 18.1. The number of hydrogen-bond acceptors (Lipinski definition) is 3. The highest BCUT2D eigenvalue weighted by Gasteiger charge is 2.28. The summed E-state index contributed by atoms with van der Waals surface area (Å²) in [5.41, 5.74) is -0.185. The summed E-state index contributed by atoms with van der Waals surface area (Å²) in [6, 6.07) is 3.65. The molecule has 136 valence electrons. The molecule has 0 unspecified atom stereocenters. The fraction of sp³-hybridized carbons (Fsp3) is 0.421. The maximum absolute atomic E-state index is 13.6. The van der Waals surface area contributed by atoms with E-state index in [0.29, 0.717) is 19.0 Å². The zero-order valence-electron chi connectivity index (χ0n) is 14.4. The smallest absolute Gasteiger partial charge is 0.246 e. The summed E-state index contributed by atoms with van der Waals surface area (Å²) >= 11 is 0. The molecule has 2 aromatic rings. The number of fused-ring (bicyclic) bond motifs is 1. The quantitative estimate of drug-likeness (QED) is 0.793. The molecule has 1 saturated heterocycles. The summed E-state index contributed by atoms with van der Waals surface area (Å²) in [6.07, 6.45) is 6.22. The Balaban J connectivity index is 1.38. The van der Waals surface area contributed by atoms with Gasteiger partial charge in [-0.1, -0.05) is 6.07 Å². The molecule has 1 aromatic carbocycles. The van der Waals surface area contributed by atoms with E-state index < -0.39 is 11.6 Å². The van der Waals surface area contributed by atoms with E-state index in [0.717, 1.165) is 43.9 Å². The number of likely N-dealkylation sites (tertiary alicyclic amines) is 1. The van der Waals surface area contributed by atoms with Gasteiger partial charge in [0.1, 0.15) is 23.3 Å². The van der Waals surface area contributed by atoms with Crippen LogP contribution in [0.5, 0.6) is 0 Å². The topological polar surface area (TPSA) is 51.0 Å². The molecule has 1 fully saturated rings. The Labute approximate surface area is 150 Å². The van der Waals surface area contributed by atoms with Gasteiger partial charge in [0.25, 0.3) is 0 Å². The molecule has 4 rings (SSSR count). The highest BCUT2D eigenvalue weighted by Crippen LogP contribution is 2.29. The standard InChI is InChI=1S/C19H20F2N4O/c20-15-3-1-4-16(21)14(15)6-7-18(26)24-11-8-13(9-12-24)19-23-22-17-5-2-10-25(17)19/h1,3-4,6-7,13H,2,5,8-12H2/b7-6-. The minimum atomic E-state index is -0.673. The van der Waals surface area contributed by atoms with E-state index in [1.807, 2.05) is 0 Å². The first-order chi connectivity index (χ1) is 12.6. The first kappa shape index (κ1) is 16.9. The predicted molar refractivity (Wildman–Crippen MR) is 92.3 cm³/mol. The Morgan fingerprint density at radius 3 is 2.58 bits per heavy atom. The molecule has 1 aromatic heterocycles. The molecule has 0 spiro atoms. The number of benzene rings is 1. The fourth-order valence-electron chi connectivity index (χ4n) is 3.76. The summed E-state index contributed by atoms with van der Waals surface area (Å²) in [5, 5.41) is 8.59. The van der Waals surface area contributed by atoms with Crippen LogP contribution >= 0.6 is 0 Å². The van der Waals surface area contributed by atoms with Crippen molar-refractivity contribution in [2.75, 3.05) is 13.1 Å². The Hall–Kier alpha value is -2.57. The van der Waals surface area contributed by atoms with Crippen LogP contribution in [-0.4, -0.2) is 38.7 Å². The number of aryl methyl sites for hydroxylation is 1. The monoisotopic (exact) mass is 358 g/mol. The molecule has 2 aliphatic rings. The predicted octanol–water partition coefficient (Wildman–Crippen LogP) is 2.92. The minimum Gasteiger partial charge on any atom is -0.339 e. The molecular formula is C19H20F2N4O. The summed E-state index contributed by atoms with van der Waals surface area (Å²) in [7, 11) is 0. The number of halogens is 2. The molecular weight excluding hydrogens is 338 g/mol. The second-order valence-corrected chi connectivity index (χ2v) is 6.80. The zero-order valence-corrected chi connectivity index (χ0v) is 14.4. The van der Waals surface area contributed by atoms with Crippen LogP contribution in [0, 0.1) is 11.6 Å². The lowest BCUT2D eigenvalue weighted by molar-refractivity contribution is -0.127. The lowest BCUT2D eigenvalue weighted by Crippen LogP contribution is -2.37. The van der Waals surface area contributed by atoms with Crippen LogP contribution in [-0.2, 0) is 17.8 Å². The molecule has 3 heterocycles. The molecule has 0 aliphatic carbocycles. The van der Waals surface area contributed by atoms with E-state index in [4.69, 9.17) is 0 Å². The normalized spacial score (nSPS) is 17.8. The van der Waals surface area contributed by atoms with Gasteiger partial charge in [0.05, 0.1) is 0 Å². The number of hydrogen-bond donors (Lipinski definition) is 0. The molecule has 0 N–H and O–H groups in total. The van der Waals surface area contributed by atoms with Gasteiger partial charge >= 0.3 is 0 Å². The van der Waals surface area contributed by atoms with Gasteiger partial charge in [-0.25, -0.2) is 8.78 Å². The molecule has 0 atom stereocenters. The molecule has 0 saturated carbocycles. The van der Waals surface area contributed by atoms with Gasteiger partial charge in [-0.2, -0.15) is 0 Å². The first-order valence-electron chi connectivity index (χ1n) is 8.96. The largest absolute Gasteiger partial charge is 0.339 e. The van der Waals surface area contributed by atoms with Crippen molar-refractivity contribution < 1.29 is 13.6 Å². The number of piperidine rings is 1. The first-order valence-corrected chi connectivity index (χ1v) is 8.96. The van der Waals surface area contributed by atoms with Crippen molar-refractivity contribution in [2.45, 2.75) is 38.1 Å². The maximum Gasteiger partial charge on any atom is 0.246 e. The number of amides is 1. The summed E-state index contributed by atoms with van der Waals surface area (Å²) < 4.78 is 29.5. The third kappa shape index (κ3) is 3.13. The van der Waals surface area contributed by atoms with Crippen molar-refractivity contribution in [3.8, 4) is 0 Å². The van der Waals surface area contributed by atoms with Gasteiger partial charge in [-0.15, -0.1) is 10.2 Å². The van der Waals surface area contributed by atoms with E-state index in [1.165, 1.54) is 30.4 Å². The number of nitrogens with zero attached hydrogens (tertiary/aromatic N) is 4. The van der Waals surface area contributed by atoms with Gasteiger partial charge in [-0.05, 0) is 37.5 Å². The number of aromatic nitrogens is 3. The van der Waals surface area contributed by atoms with Crippen LogP contribution in [0.15, 0.2) is 24.3 Å². The fourth-order valence-corrected chi connectivity index (χ4v) is 3.76. The molecule has 7 heteroatoms. The van der Waals surface area contributed by atoms with Crippen LogP contribution in [0.1, 0.15) is 42.4 Å². The third-order valence-corrected chi connectivity index (χ3v) is 5.20. The average molecular weight is 358 g/mol. The number of carbonyl (C=O) groups is 1. The van der Waals surface area contributed by atoms with Crippen molar-refractivity contribution in [1.82, 2.24) is 19.7 Å². The van der Waals surface area contributed by atoms with Crippen molar-refractivity contribution in [1.29, 1.82) is 0 Å². The summed E-state index contributed by atoms with van der Waals surface area (Å²) in [6.45, 7) is 2.19. The van der Waals surface area contributed by atoms with E-state index in [1.54, 1.807) is 4.90 Å². The SMILES string of the molecule is O=C(/C=C\c1c(F)cccc1F)N1CCC(c2nnc3n2CCC3)CC1. The average Bonchev–Trinajstić information content (AvgIpc) is 3.25. The summed E-state index contributed by atoms with van der Waals surface area (Å²) in [5.74, 6) is 0.840. The summed E-state index contributed by atoms with van der Waals surface area (Å²) in [4.78, 5) is 14.1. The lowest BCUT2D eigenvalue weighted by Gasteiger charge is -2.30. The lowest BCUT2D eigenvalue weighted by atomic mass is 9.96. The second-order valence-electron chi connectivity index (χ2n) is 6.80. The molecule has 26 heavy (non-hydrogen) atoms. The highest BCUT2D eigenvalue weighted by atomic mass is 19.1. The van der Waals surface area contributed by atoms with Gasteiger partial charge in [-0.3, -0.25) is 4.79 Å². The van der Waals surface area contributed by atoms with E-state index in [2.05, 4.69) is 14.8 Å². The maximum atomic E-state index is 13.6. The molecule has 0 radical (unpaired) electrons. The van der Waals surface area contributed by atoms with Gasteiger partial charge in [0, 0.05) is 43.6 Å². The van der Waals surface area contributed by atoms with Crippen LogP contribution < -0.4 is 0 Å². The second kappa shape index (κ2) is 6.97. The van der Waals surface area contributed by atoms with Crippen molar-refractivity contribution >= 4 is 12.0 Å². The van der Waals surface area contributed by atoms with Gasteiger partial charge < -0.3 is 9.47 Å². The molecule has 1 amide bonds. The molecule has 2 aliphatic heterocycles. The van der Waals surface area contributed by atoms with Crippen molar-refractivity contribution in [3.05, 3.63) is 53.1 Å². The Bertz CT molecular complexity index is 833. The van der Waals surface area contributed by atoms with Crippen LogP contribution in [0.4, 0.5) is 8.78 Å². The van der Waals surface area contributed by atoms with Crippen LogP contribution in [0.3, 0.4) is 0 Å². The van der Waals surface area contributed by atoms with Crippen LogP contribution in [0.2, 0.25) is 0 Å².